The monoisotopic (exact) mass is 273 g/mol. The molecule has 1 amide bonds. The maximum atomic E-state index is 12.1. The fourth-order valence-corrected chi connectivity index (χ4v) is 3.33. The van der Waals surface area contributed by atoms with Gasteiger partial charge in [0.2, 0.25) is 0 Å². The van der Waals surface area contributed by atoms with Gasteiger partial charge in [0.1, 0.15) is 11.8 Å². The summed E-state index contributed by atoms with van der Waals surface area (Å²) in [6.45, 7) is 0.595. The minimum absolute atomic E-state index is 0.00372. The maximum absolute atomic E-state index is 12.1. The van der Waals surface area contributed by atoms with Crippen molar-refractivity contribution < 1.29 is 9.53 Å². The minimum Gasteiger partial charge on any atom is -0.373 e. The molecule has 1 aliphatic heterocycles. The van der Waals surface area contributed by atoms with E-state index in [9.17, 15) is 4.79 Å². The van der Waals surface area contributed by atoms with Gasteiger partial charge in [-0.05, 0) is 25.3 Å². The summed E-state index contributed by atoms with van der Waals surface area (Å²) >= 11 is 0. The molecule has 2 N–H and O–H groups in total. The van der Waals surface area contributed by atoms with Crippen molar-refractivity contribution in [1.82, 2.24) is 10.3 Å². The third-order valence-electron chi connectivity index (χ3n) is 4.37. The summed E-state index contributed by atoms with van der Waals surface area (Å²) in [6, 6.07) is 3.66. The van der Waals surface area contributed by atoms with Crippen LogP contribution in [0.2, 0.25) is 0 Å². The molecule has 1 aliphatic carbocycles. The molecule has 1 saturated carbocycles. The summed E-state index contributed by atoms with van der Waals surface area (Å²) in [5.74, 6) is -0.159. The van der Waals surface area contributed by atoms with E-state index in [2.05, 4.69) is 10.3 Å². The van der Waals surface area contributed by atoms with Crippen molar-refractivity contribution in [2.75, 3.05) is 6.61 Å². The lowest BCUT2D eigenvalue weighted by molar-refractivity contribution is -0.0246. The van der Waals surface area contributed by atoms with E-state index in [4.69, 9.17) is 10.00 Å². The fraction of sp³-hybridized carbons (Fsp3) is 0.600. The first kappa shape index (κ1) is 13.2. The zero-order valence-electron chi connectivity index (χ0n) is 11.4. The number of carbonyl (C=O) groups is 1. The molecular weight excluding hydrogens is 254 g/mol. The van der Waals surface area contributed by atoms with Crippen molar-refractivity contribution in [2.45, 2.75) is 50.2 Å². The van der Waals surface area contributed by atoms with Crippen LogP contribution in [-0.2, 0) is 4.74 Å². The van der Waals surface area contributed by atoms with Crippen molar-refractivity contribution >= 4 is 5.91 Å². The van der Waals surface area contributed by atoms with E-state index in [0.29, 0.717) is 17.9 Å². The van der Waals surface area contributed by atoms with E-state index < -0.39 is 0 Å². The van der Waals surface area contributed by atoms with Gasteiger partial charge in [-0.1, -0.05) is 19.3 Å². The Morgan fingerprint density at radius 1 is 1.45 bits per heavy atom. The number of aromatic amines is 1. The smallest absolute Gasteiger partial charge is 0.268 e. The van der Waals surface area contributed by atoms with Crippen LogP contribution >= 0.6 is 0 Å². The Morgan fingerprint density at radius 3 is 2.95 bits per heavy atom. The van der Waals surface area contributed by atoms with Crippen LogP contribution in [0.5, 0.6) is 0 Å². The molecule has 2 fully saturated rings. The second-order valence-electron chi connectivity index (χ2n) is 5.84. The van der Waals surface area contributed by atoms with Gasteiger partial charge >= 0.3 is 0 Å². The Hall–Kier alpha value is -1.80. The summed E-state index contributed by atoms with van der Waals surface area (Å²) in [7, 11) is 0. The zero-order chi connectivity index (χ0) is 14.0. The van der Waals surface area contributed by atoms with E-state index in [1.807, 2.05) is 6.07 Å². The van der Waals surface area contributed by atoms with E-state index in [0.717, 1.165) is 19.3 Å². The number of nitrogens with one attached hydrogen (secondary N) is 2. The number of nitriles is 1. The standard InChI is InChI=1S/C15H19N3O2/c16-8-11-6-13(17-9-11)14(19)18-12-7-15(20-10-12)4-2-1-3-5-15/h6,9,12,17H,1-5,7,10H2,(H,18,19). The molecule has 2 aliphatic rings. The minimum atomic E-state index is -0.159. The van der Waals surface area contributed by atoms with Crippen molar-refractivity contribution in [1.29, 1.82) is 5.26 Å². The Morgan fingerprint density at radius 2 is 2.25 bits per heavy atom. The van der Waals surface area contributed by atoms with Crippen molar-refractivity contribution in [3.05, 3.63) is 23.5 Å². The van der Waals surface area contributed by atoms with Crippen LogP contribution in [0, 0.1) is 11.3 Å². The maximum Gasteiger partial charge on any atom is 0.268 e. The fourth-order valence-electron chi connectivity index (χ4n) is 3.33. The molecule has 20 heavy (non-hydrogen) atoms. The molecule has 1 unspecified atom stereocenters. The molecule has 0 bridgehead atoms. The summed E-state index contributed by atoms with van der Waals surface area (Å²) in [5, 5.41) is 11.8. The number of hydrogen-bond acceptors (Lipinski definition) is 3. The van der Waals surface area contributed by atoms with Crippen LogP contribution in [0.1, 0.15) is 54.6 Å². The number of carbonyl (C=O) groups excluding carboxylic acids is 1. The van der Waals surface area contributed by atoms with Crippen LogP contribution in [0.15, 0.2) is 12.3 Å². The van der Waals surface area contributed by atoms with Crippen LogP contribution in [0.4, 0.5) is 0 Å². The number of nitrogens with zero attached hydrogens (tertiary/aromatic N) is 1. The predicted octanol–water partition coefficient (Wildman–Crippen LogP) is 2.11. The Balaban J connectivity index is 1.59. The lowest BCUT2D eigenvalue weighted by atomic mass is 9.82. The van der Waals surface area contributed by atoms with Gasteiger partial charge in [-0.25, -0.2) is 0 Å². The molecule has 0 radical (unpaired) electrons. The number of amides is 1. The van der Waals surface area contributed by atoms with Gasteiger partial charge in [0.05, 0.1) is 23.8 Å². The summed E-state index contributed by atoms with van der Waals surface area (Å²) in [4.78, 5) is 14.9. The van der Waals surface area contributed by atoms with Crippen molar-refractivity contribution in [2.24, 2.45) is 0 Å². The van der Waals surface area contributed by atoms with Crippen LogP contribution in [-0.4, -0.2) is 29.1 Å². The first-order valence-corrected chi connectivity index (χ1v) is 7.24. The van der Waals surface area contributed by atoms with Gasteiger partial charge in [-0.15, -0.1) is 0 Å². The summed E-state index contributed by atoms with van der Waals surface area (Å²) in [5.41, 5.74) is 0.914. The molecule has 5 heteroatoms. The van der Waals surface area contributed by atoms with Crippen LogP contribution in [0.3, 0.4) is 0 Å². The second kappa shape index (κ2) is 5.29. The normalized spacial score (nSPS) is 24.4. The lowest BCUT2D eigenvalue weighted by Gasteiger charge is -2.32. The highest BCUT2D eigenvalue weighted by molar-refractivity contribution is 5.93. The lowest BCUT2D eigenvalue weighted by Crippen LogP contribution is -2.37. The molecular formula is C15H19N3O2. The van der Waals surface area contributed by atoms with Crippen molar-refractivity contribution in [3.8, 4) is 6.07 Å². The second-order valence-corrected chi connectivity index (χ2v) is 5.84. The average molecular weight is 273 g/mol. The Kier molecular flexibility index (Phi) is 3.49. The average Bonchev–Trinajstić information content (AvgIpc) is 3.07. The van der Waals surface area contributed by atoms with Crippen molar-refractivity contribution in [3.63, 3.8) is 0 Å². The molecule has 3 rings (SSSR count). The number of aromatic nitrogens is 1. The van der Waals surface area contributed by atoms with E-state index >= 15 is 0 Å². The molecule has 2 heterocycles. The highest BCUT2D eigenvalue weighted by atomic mass is 16.5. The van der Waals surface area contributed by atoms with Gasteiger partial charge < -0.3 is 15.0 Å². The molecule has 0 aromatic carbocycles. The topological polar surface area (TPSA) is 77.9 Å². The van der Waals surface area contributed by atoms with Gasteiger partial charge in [0, 0.05) is 6.20 Å². The first-order valence-electron chi connectivity index (χ1n) is 7.24. The SMILES string of the molecule is N#Cc1c[nH]c(C(=O)NC2COC3(CCCCC3)C2)c1. The van der Waals surface area contributed by atoms with E-state index in [1.54, 1.807) is 12.3 Å². The quantitative estimate of drug-likeness (QED) is 0.866. The molecule has 1 aromatic rings. The summed E-state index contributed by atoms with van der Waals surface area (Å²) in [6.07, 6.45) is 8.42. The molecule has 5 nitrogen and oxygen atoms in total. The first-order chi connectivity index (χ1) is 9.71. The highest BCUT2D eigenvalue weighted by Crippen LogP contribution is 2.39. The molecule has 1 saturated heterocycles. The Labute approximate surface area is 118 Å². The van der Waals surface area contributed by atoms with Gasteiger partial charge in [0.25, 0.3) is 5.91 Å². The third-order valence-corrected chi connectivity index (χ3v) is 4.37. The molecule has 1 atom stereocenters. The van der Waals surface area contributed by atoms with Gasteiger partial charge in [0.15, 0.2) is 0 Å². The van der Waals surface area contributed by atoms with E-state index in [-0.39, 0.29) is 17.6 Å². The van der Waals surface area contributed by atoms with Gasteiger partial charge in [-0.2, -0.15) is 5.26 Å². The molecule has 1 spiro atoms. The number of H-pyrrole nitrogens is 1. The highest BCUT2D eigenvalue weighted by Gasteiger charge is 2.41. The largest absolute Gasteiger partial charge is 0.373 e. The van der Waals surface area contributed by atoms with Crippen LogP contribution in [0.25, 0.3) is 0 Å². The predicted molar refractivity (Wildman–Crippen MR) is 73.1 cm³/mol. The number of ether oxygens (including phenoxy) is 1. The van der Waals surface area contributed by atoms with Gasteiger partial charge in [-0.3, -0.25) is 4.79 Å². The zero-order valence-corrected chi connectivity index (χ0v) is 11.4. The number of rotatable bonds is 2. The molecule has 106 valence electrons. The molecule has 1 aromatic heterocycles. The van der Waals surface area contributed by atoms with Crippen LogP contribution < -0.4 is 5.32 Å². The van der Waals surface area contributed by atoms with E-state index in [1.165, 1.54) is 19.3 Å². The number of hydrogen-bond donors (Lipinski definition) is 2. The third kappa shape index (κ3) is 2.56. The Bertz CT molecular complexity index is 538. The summed E-state index contributed by atoms with van der Waals surface area (Å²) < 4.78 is 5.98.